The van der Waals surface area contributed by atoms with E-state index in [1.807, 2.05) is 18.2 Å². The average molecular weight is 283 g/mol. The fraction of sp³-hybridized carbons (Fsp3) is 0.250. The van der Waals surface area contributed by atoms with Crippen molar-refractivity contribution in [2.45, 2.75) is 13.3 Å². The van der Waals surface area contributed by atoms with E-state index in [-0.39, 0.29) is 0 Å². The van der Waals surface area contributed by atoms with Gasteiger partial charge in [0.25, 0.3) is 0 Å². The number of carbonyl (C=O) groups is 1. The van der Waals surface area contributed by atoms with Crippen LogP contribution in [0.2, 0.25) is 0 Å². The highest BCUT2D eigenvalue weighted by molar-refractivity contribution is 9.10. The van der Waals surface area contributed by atoms with Gasteiger partial charge in [-0.25, -0.2) is 0 Å². The third-order valence-electron chi connectivity index (χ3n) is 2.57. The van der Waals surface area contributed by atoms with Crippen molar-refractivity contribution in [1.82, 2.24) is 0 Å². The molecule has 0 saturated heterocycles. The molecule has 1 heterocycles. The molecule has 1 N–H and O–H groups in total. The summed E-state index contributed by atoms with van der Waals surface area (Å²) in [6.45, 7) is 1.69. The molecule has 0 aliphatic rings. The molecule has 0 saturated carbocycles. The van der Waals surface area contributed by atoms with E-state index in [1.165, 1.54) is 0 Å². The monoisotopic (exact) mass is 282 g/mol. The number of hydrogen-bond donors (Lipinski definition) is 1. The predicted octanol–water partition coefficient (Wildman–Crippen LogP) is 3.46. The highest BCUT2D eigenvalue weighted by atomic mass is 79.9. The first-order chi connectivity index (χ1) is 7.58. The SMILES string of the molecule is CC(Cc1coc2cc(Br)ccc12)C(=O)O. The first-order valence-electron chi connectivity index (χ1n) is 4.96. The summed E-state index contributed by atoms with van der Waals surface area (Å²) in [6.07, 6.45) is 2.13. The highest BCUT2D eigenvalue weighted by Gasteiger charge is 2.15. The summed E-state index contributed by atoms with van der Waals surface area (Å²) in [5.41, 5.74) is 1.72. The molecule has 0 aliphatic heterocycles. The smallest absolute Gasteiger partial charge is 0.306 e. The van der Waals surface area contributed by atoms with Gasteiger partial charge in [0, 0.05) is 9.86 Å². The third-order valence-corrected chi connectivity index (χ3v) is 3.06. The highest BCUT2D eigenvalue weighted by Crippen LogP contribution is 2.26. The maximum absolute atomic E-state index is 10.8. The van der Waals surface area contributed by atoms with Crippen molar-refractivity contribution >= 4 is 32.9 Å². The standard InChI is InChI=1S/C12H11BrO3/c1-7(12(14)15)4-8-6-16-11-5-9(13)2-3-10(8)11/h2-3,5-7H,4H2,1H3,(H,14,15). The summed E-state index contributed by atoms with van der Waals surface area (Å²) < 4.78 is 6.34. The molecule has 2 rings (SSSR count). The molecule has 0 spiro atoms. The fourth-order valence-corrected chi connectivity index (χ4v) is 1.97. The van der Waals surface area contributed by atoms with Crippen LogP contribution in [0.4, 0.5) is 0 Å². The molecule has 16 heavy (non-hydrogen) atoms. The van der Waals surface area contributed by atoms with Crippen LogP contribution in [0.1, 0.15) is 12.5 Å². The van der Waals surface area contributed by atoms with Gasteiger partial charge in [-0.15, -0.1) is 0 Å². The molecule has 0 amide bonds. The lowest BCUT2D eigenvalue weighted by molar-refractivity contribution is -0.141. The average Bonchev–Trinajstić information content (AvgIpc) is 2.60. The minimum atomic E-state index is -0.786. The molecule has 3 nitrogen and oxygen atoms in total. The maximum atomic E-state index is 10.8. The lowest BCUT2D eigenvalue weighted by Gasteiger charge is -2.03. The number of benzene rings is 1. The van der Waals surface area contributed by atoms with Crippen LogP contribution in [-0.2, 0) is 11.2 Å². The Balaban J connectivity index is 2.35. The summed E-state index contributed by atoms with van der Waals surface area (Å²) in [6, 6.07) is 5.74. The molecule has 1 aromatic heterocycles. The minimum Gasteiger partial charge on any atom is -0.481 e. The van der Waals surface area contributed by atoms with Gasteiger partial charge >= 0.3 is 5.97 Å². The van der Waals surface area contributed by atoms with Gasteiger partial charge in [0.05, 0.1) is 12.2 Å². The number of hydrogen-bond acceptors (Lipinski definition) is 2. The Morgan fingerprint density at radius 1 is 1.56 bits per heavy atom. The Morgan fingerprint density at radius 2 is 2.31 bits per heavy atom. The van der Waals surface area contributed by atoms with Crippen LogP contribution >= 0.6 is 15.9 Å². The summed E-state index contributed by atoms with van der Waals surface area (Å²) in [4.78, 5) is 10.8. The fourth-order valence-electron chi connectivity index (χ4n) is 1.63. The van der Waals surface area contributed by atoms with E-state index in [0.29, 0.717) is 6.42 Å². The number of carboxylic acid groups (broad SMARTS) is 1. The number of fused-ring (bicyclic) bond motifs is 1. The van der Waals surface area contributed by atoms with Gasteiger partial charge in [-0.2, -0.15) is 0 Å². The zero-order valence-corrected chi connectivity index (χ0v) is 10.3. The van der Waals surface area contributed by atoms with Crippen LogP contribution < -0.4 is 0 Å². The van der Waals surface area contributed by atoms with E-state index in [0.717, 1.165) is 21.0 Å². The normalized spacial score (nSPS) is 12.9. The van der Waals surface area contributed by atoms with Crippen LogP contribution in [0.15, 0.2) is 33.4 Å². The van der Waals surface area contributed by atoms with Crippen molar-refractivity contribution < 1.29 is 14.3 Å². The quantitative estimate of drug-likeness (QED) is 0.938. The molecule has 84 valence electrons. The number of furan rings is 1. The Morgan fingerprint density at radius 3 is 3.00 bits per heavy atom. The van der Waals surface area contributed by atoms with Gasteiger partial charge in [-0.05, 0) is 30.2 Å². The van der Waals surface area contributed by atoms with Crippen LogP contribution in [-0.4, -0.2) is 11.1 Å². The van der Waals surface area contributed by atoms with Gasteiger partial charge in [0.15, 0.2) is 0 Å². The van der Waals surface area contributed by atoms with Crippen molar-refractivity contribution in [1.29, 1.82) is 0 Å². The lowest BCUT2D eigenvalue weighted by atomic mass is 10.0. The van der Waals surface area contributed by atoms with E-state index in [4.69, 9.17) is 9.52 Å². The number of rotatable bonds is 3. The van der Waals surface area contributed by atoms with Crippen molar-refractivity contribution in [3.05, 3.63) is 34.5 Å². The minimum absolute atomic E-state index is 0.399. The Bertz CT molecular complexity index is 530. The molecule has 0 radical (unpaired) electrons. The summed E-state index contributed by atoms with van der Waals surface area (Å²) in [5, 5.41) is 9.84. The van der Waals surface area contributed by atoms with Crippen LogP contribution in [0.25, 0.3) is 11.0 Å². The topological polar surface area (TPSA) is 50.4 Å². The van der Waals surface area contributed by atoms with Gasteiger partial charge in [0.1, 0.15) is 5.58 Å². The van der Waals surface area contributed by atoms with Crippen LogP contribution in [0.3, 0.4) is 0 Å². The van der Waals surface area contributed by atoms with E-state index >= 15 is 0 Å². The summed E-state index contributed by atoms with van der Waals surface area (Å²) in [5.74, 6) is -1.18. The zero-order chi connectivity index (χ0) is 11.7. The van der Waals surface area contributed by atoms with E-state index in [2.05, 4.69) is 15.9 Å². The van der Waals surface area contributed by atoms with Crippen molar-refractivity contribution in [3.8, 4) is 0 Å². The third kappa shape index (κ3) is 2.11. The molecule has 0 aliphatic carbocycles. The molecule has 0 bridgehead atoms. The second-order valence-corrected chi connectivity index (χ2v) is 4.76. The van der Waals surface area contributed by atoms with Gasteiger partial charge in [-0.1, -0.05) is 22.9 Å². The van der Waals surface area contributed by atoms with Gasteiger partial charge in [0.2, 0.25) is 0 Å². The zero-order valence-electron chi connectivity index (χ0n) is 8.74. The van der Waals surface area contributed by atoms with Crippen LogP contribution in [0.5, 0.6) is 0 Å². The molecule has 1 aromatic carbocycles. The largest absolute Gasteiger partial charge is 0.481 e. The van der Waals surface area contributed by atoms with Crippen LogP contribution in [0, 0.1) is 5.92 Å². The van der Waals surface area contributed by atoms with Gasteiger partial charge in [-0.3, -0.25) is 4.79 Å². The molecule has 1 unspecified atom stereocenters. The lowest BCUT2D eigenvalue weighted by Crippen LogP contribution is -2.11. The second-order valence-electron chi connectivity index (χ2n) is 3.84. The number of halogens is 1. The molecular weight excluding hydrogens is 272 g/mol. The van der Waals surface area contributed by atoms with E-state index in [9.17, 15) is 4.79 Å². The second kappa shape index (κ2) is 4.29. The van der Waals surface area contributed by atoms with E-state index < -0.39 is 11.9 Å². The van der Waals surface area contributed by atoms with Crippen molar-refractivity contribution in [2.75, 3.05) is 0 Å². The molecule has 1 atom stereocenters. The van der Waals surface area contributed by atoms with Gasteiger partial charge < -0.3 is 9.52 Å². The number of carboxylic acids is 1. The van der Waals surface area contributed by atoms with Crippen molar-refractivity contribution in [3.63, 3.8) is 0 Å². The first kappa shape index (κ1) is 11.2. The molecule has 0 fully saturated rings. The molecular formula is C12H11BrO3. The summed E-state index contributed by atoms with van der Waals surface area (Å²) >= 11 is 3.36. The Kier molecular flexibility index (Phi) is 3.01. The van der Waals surface area contributed by atoms with E-state index in [1.54, 1.807) is 13.2 Å². The Hall–Kier alpha value is -1.29. The maximum Gasteiger partial charge on any atom is 0.306 e. The molecule has 2 aromatic rings. The first-order valence-corrected chi connectivity index (χ1v) is 5.75. The van der Waals surface area contributed by atoms with Crippen molar-refractivity contribution in [2.24, 2.45) is 5.92 Å². The predicted molar refractivity (Wildman–Crippen MR) is 64.4 cm³/mol. The Labute approximate surface area is 101 Å². The number of aliphatic carboxylic acids is 1. The summed E-state index contributed by atoms with van der Waals surface area (Å²) in [7, 11) is 0. The molecule has 4 heteroatoms.